The minimum Gasteiger partial charge on any atom is -0.508 e. The van der Waals surface area contributed by atoms with E-state index in [-0.39, 0.29) is 11.4 Å². The molecular formula is C19H18N2O6. The number of methoxy groups -OCH3 is 2. The van der Waals surface area contributed by atoms with E-state index in [1.165, 1.54) is 38.5 Å². The largest absolute Gasteiger partial charge is 0.508 e. The Labute approximate surface area is 154 Å². The van der Waals surface area contributed by atoms with Crippen LogP contribution in [0.4, 0.5) is 0 Å². The molecule has 3 aromatic rings. The molecule has 0 saturated carbocycles. The Morgan fingerprint density at radius 3 is 2.26 bits per heavy atom. The molecule has 1 heterocycles. The summed E-state index contributed by atoms with van der Waals surface area (Å²) in [5.74, 6) is -0.743. The van der Waals surface area contributed by atoms with Gasteiger partial charge in [0.15, 0.2) is 6.04 Å². The highest BCUT2D eigenvalue weighted by atomic mass is 16.5. The van der Waals surface area contributed by atoms with Gasteiger partial charge in [0.2, 0.25) is 0 Å². The second-order valence-corrected chi connectivity index (χ2v) is 5.78. The molecule has 0 aliphatic rings. The van der Waals surface area contributed by atoms with Gasteiger partial charge in [0, 0.05) is 5.39 Å². The highest BCUT2D eigenvalue weighted by Crippen LogP contribution is 2.33. The second kappa shape index (κ2) is 7.28. The van der Waals surface area contributed by atoms with Crippen LogP contribution in [0.1, 0.15) is 22.1 Å². The first-order chi connectivity index (χ1) is 12.9. The van der Waals surface area contributed by atoms with E-state index in [1.54, 1.807) is 18.2 Å². The average molecular weight is 370 g/mol. The summed E-state index contributed by atoms with van der Waals surface area (Å²) in [6.07, 6.45) is 0. The number of fused-ring (bicyclic) bond motifs is 1. The summed E-state index contributed by atoms with van der Waals surface area (Å²) in [6, 6.07) is 9.31. The van der Waals surface area contributed by atoms with Gasteiger partial charge in [-0.25, -0.2) is 4.79 Å². The monoisotopic (exact) mass is 370 g/mol. The fourth-order valence-electron chi connectivity index (χ4n) is 2.80. The number of amides is 1. The van der Waals surface area contributed by atoms with E-state index in [0.717, 1.165) is 0 Å². The normalized spacial score (nSPS) is 11.8. The molecule has 8 heteroatoms. The van der Waals surface area contributed by atoms with E-state index in [2.05, 4.69) is 10.3 Å². The van der Waals surface area contributed by atoms with Gasteiger partial charge in [-0.05, 0) is 35.9 Å². The number of carbonyl (C=O) groups is 2. The highest BCUT2D eigenvalue weighted by molar-refractivity contribution is 6.02. The number of hydrogen-bond donors (Lipinski definition) is 4. The first-order valence-electron chi connectivity index (χ1n) is 8.01. The number of aromatic nitrogens is 1. The number of ether oxygens (including phenoxy) is 2. The molecule has 0 aliphatic heterocycles. The van der Waals surface area contributed by atoms with Crippen LogP contribution >= 0.6 is 0 Å². The van der Waals surface area contributed by atoms with Gasteiger partial charge in [-0.1, -0.05) is 12.1 Å². The minimum atomic E-state index is -1.27. The molecule has 140 valence electrons. The van der Waals surface area contributed by atoms with E-state index in [4.69, 9.17) is 9.47 Å². The number of aliphatic carboxylic acids is 1. The maximum Gasteiger partial charge on any atom is 0.330 e. The predicted octanol–water partition coefficient (Wildman–Crippen LogP) is 2.45. The van der Waals surface area contributed by atoms with Crippen LogP contribution in [0.25, 0.3) is 10.9 Å². The molecule has 27 heavy (non-hydrogen) atoms. The van der Waals surface area contributed by atoms with E-state index in [0.29, 0.717) is 28.0 Å². The summed E-state index contributed by atoms with van der Waals surface area (Å²) in [7, 11) is 3.02. The Bertz CT molecular complexity index is 952. The van der Waals surface area contributed by atoms with Gasteiger partial charge in [0.25, 0.3) is 5.91 Å². The van der Waals surface area contributed by atoms with Crippen LogP contribution in [-0.4, -0.2) is 41.3 Å². The zero-order valence-electron chi connectivity index (χ0n) is 14.6. The number of phenols is 1. The topological polar surface area (TPSA) is 121 Å². The number of H-pyrrole nitrogens is 1. The number of hydrogen-bond acceptors (Lipinski definition) is 5. The molecule has 0 aliphatic carbocycles. The average Bonchev–Trinajstić information content (AvgIpc) is 3.11. The van der Waals surface area contributed by atoms with Crippen LogP contribution in [0.15, 0.2) is 42.5 Å². The summed E-state index contributed by atoms with van der Waals surface area (Å²) in [5.41, 5.74) is 1.07. The zero-order valence-corrected chi connectivity index (χ0v) is 14.6. The molecule has 2 aromatic carbocycles. The van der Waals surface area contributed by atoms with Gasteiger partial charge in [0.1, 0.15) is 22.9 Å². The van der Waals surface area contributed by atoms with Crippen molar-refractivity contribution in [3.05, 3.63) is 53.7 Å². The number of rotatable bonds is 6. The van der Waals surface area contributed by atoms with Crippen molar-refractivity contribution >= 4 is 22.8 Å². The van der Waals surface area contributed by atoms with E-state index < -0.39 is 17.9 Å². The van der Waals surface area contributed by atoms with Crippen molar-refractivity contribution in [1.29, 1.82) is 0 Å². The molecule has 0 saturated heterocycles. The van der Waals surface area contributed by atoms with Gasteiger partial charge in [-0.2, -0.15) is 0 Å². The highest BCUT2D eigenvalue weighted by Gasteiger charge is 2.24. The summed E-state index contributed by atoms with van der Waals surface area (Å²) >= 11 is 0. The van der Waals surface area contributed by atoms with Gasteiger partial charge in [-0.3, -0.25) is 4.79 Å². The molecule has 1 atom stereocenters. The second-order valence-electron chi connectivity index (χ2n) is 5.78. The van der Waals surface area contributed by atoms with Crippen LogP contribution in [0.3, 0.4) is 0 Å². The van der Waals surface area contributed by atoms with Gasteiger partial charge in [0.05, 0.1) is 19.7 Å². The van der Waals surface area contributed by atoms with E-state index in [9.17, 15) is 19.8 Å². The standard InChI is InChI=1S/C19H18N2O6/c1-26-14-7-8-15(27-2)17-12(14)9-13(20-17)18(23)21-16(19(24)25)10-3-5-11(22)6-4-10/h3-9,16,20,22H,1-2H3,(H,21,23)(H,24,25)/t16-/m0/s1. The lowest BCUT2D eigenvalue weighted by Gasteiger charge is -2.14. The number of nitrogens with one attached hydrogen (secondary N) is 2. The van der Waals surface area contributed by atoms with Crippen molar-refractivity contribution in [2.75, 3.05) is 14.2 Å². The summed E-state index contributed by atoms with van der Waals surface area (Å²) in [5, 5.41) is 21.9. The zero-order chi connectivity index (χ0) is 19.6. The first kappa shape index (κ1) is 18.1. The Kier molecular flexibility index (Phi) is 4.89. The molecule has 4 N–H and O–H groups in total. The van der Waals surface area contributed by atoms with Crippen molar-refractivity contribution in [2.45, 2.75) is 6.04 Å². The van der Waals surface area contributed by atoms with Crippen molar-refractivity contribution in [3.8, 4) is 17.2 Å². The van der Waals surface area contributed by atoms with Crippen molar-refractivity contribution in [1.82, 2.24) is 10.3 Å². The number of carboxylic acid groups (broad SMARTS) is 1. The van der Waals surface area contributed by atoms with Crippen LogP contribution in [0, 0.1) is 0 Å². The third-order valence-corrected chi connectivity index (χ3v) is 4.15. The molecule has 1 aromatic heterocycles. The van der Waals surface area contributed by atoms with Gasteiger partial charge >= 0.3 is 5.97 Å². The third-order valence-electron chi connectivity index (χ3n) is 4.15. The molecule has 3 rings (SSSR count). The Balaban J connectivity index is 1.94. The van der Waals surface area contributed by atoms with Crippen molar-refractivity contribution in [2.24, 2.45) is 0 Å². The maximum atomic E-state index is 12.6. The molecule has 0 fully saturated rings. The van der Waals surface area contributed by atoms with E-state index >= 15 is 0 Å². The molecule has 0 radical (unpaired) electrons. The van der Waals surface area contributed by atoms with Crippen LogP contribution < -0.4 is 14.8 Å². The lowest BCUT2D eigenvalue weighted by atomic mass is 10.1. The summed E-state index contributed by atoms with van der Waals surface area (Å²) < 4.78 is 10.6. The van der Waals surface area contributed by atoms with Crippen LogP contribution in [0.2, 0.25) is 0 Å². The molecule has 0 spiro atoms. The quantitative estimate of drug-likeness (QED) is 0.529. The van der Waals surface area contributed by atoms with Crippen molar-refractivity contribution < 1.29 is 29.3 Å². The number of carbonyl (C=O) groups excluding carboxylic acids is 1. The maximum absolute atomic E-state index is 12.6. The van der Waals surface area contributed by atoms with Gasteiger partial charge < -0.3 is 30.0 Å². The Hall–Kier alpha value is -3.68. The smallest absolute Gasteiger partial charge is 0.330 e. The third kappa shape index (κ3) is 3.50. The van der Waals surface area contributed by atoms with E-state index in [1.807, 2.05) is 0 Å². The molecule has 0 unspecified atom stereocenters. The molecular weight excluding hydrogens is 352 g/mol. The Morgan fingerprint density at radius 2 is 1.67 bits per heavy atom. The predicted molar refractivity (Wildman–Crippen MR) is 97.4 cm³/mol. The number of carboxylic acids is 1. The number of aromatic hydroxyl groups is 1. The summed E-state index contributed by atoms with van der Waals surface area (Å²) in [4.78, 5) is 27.2. The number of benzene rings is 2. The summed E-state index contributed by atoms with van der Waals surface area (Å²) in [6.45, 7) is 0. The fraction of sp³-hybridized carbons (Fsp3) is 0.158. The van der Waals surface area contributed by atoms with Crippen LogP contribution in [-0.2, 0) is 4.79 Å². The van der Waals surface area contributed by atoms with Crippen LogP contribution in [0.5, 0.6) is 17.2 Å². The minimum absolute atomic E-state index is 0.00372. The Morgan fingerprint density at radius 1 is 1.04 bits per heavy atom. The SMILES string of the molecule is COc1ccc(OC)c2[nH]c(C(=O)N[C@H](C(=O)O)c3ccc(O)cc3)cc12. The lowest BCUT2D eigenvalue weighted by Crippen LogP contribution is -2.33. The van der Waals surface area contributed by atoms with Gasteiger partial charge in [-0.15, -0.1) is 0 Å². The number of phenolic OH excluding ortho intramolecular Hbond substituents is 1. The number of aromatic amines is 1. The fourth-order valence-corrected chi connectivity index (χ4v) is 2.80. The van der Waals surface area contributed by atoms with Crippen molar-refractivity contribution in [3.63, 3.8) is 0 Å². The molecule has 0 bridgehead atoms. The molecule has 1 amide bonds. The lowest BCUT2D eigenvalue weighted by molar-refractivity contribution is -0.139. The molecule has 8 nitrogen and oxygen atoms in total. The first-order valence-corrected chi connectivity index (χ1v) is 8.01.